The Morgan fingerprint density at radius 2 is 1.64 bits per heavy atom. The zero-order chi connectivity index (χ0) is 19.7. The second-order valence-electron chi connectivity index (χ2n) is 6.64. The maximum Gasteiger partial charge on any atom is 0.229 e. The minimum Gasteiger partial charge on any atom is -0.462 e. The van der Waals surface area contributed by atoms with Gasteiger partial charge in [-0.05, 0) is 23.3 Å². The number of ether oxygens (including phenoxy) is 2. The summed E-state index contributed by atoms with van der Waals surface area (Å²) in [6, 6.07) is 13.0. The Hall–Kier alpha value is -2.62. The van der Waals surface area contributed by atoms with Crippen LogP contribution >= 0.6 is 0 Å². The molecule has 0 aliphatic carbocycles. The van der Waals surface area contributed by atoms with Gasteiger partial charge in [-0.2, -0.15) is 10.2 Å². The van der Waals surface area contributed by atoms with Crippen molar-refractivity contribution in [2.24, 2.45) is 0 Å². The molecule has 5 atom stereocenters. The molecule has 146 valence electrons. The molecule has 1 aliphatic heterocycles. The van der Waals surface area contributed by atoms with E-state index in [1.54, 1.807) is 24.5 Å². The second kappa shape index (κ2) is 7.78. The van der Waals surface area contributed by atoms with Crippen molar-refractivity contribution in [3.63, 3.8) is 0 Å². The molecule has 4 rings (SSSR count). The summed E-state index contributed by atoms with van der Waals surface area (Å²) >= 11 is 0. The van der Waals surface area contributed by atoms with Crippen molar-refractivity contribution in [1.82, 2.24) is 10.2 Å². The van der Waals surface area contributed by atoms with E-state index in [1.165, 1.54) is 0 Å². The van der Waals surface area contributed by atoms with E-state index in [4.69, 9.17) is 9.47 Å². The van der Waals surface area contributed by atoms with Gasteiger partial charge in [0.25, 0.3) is 0 Å². The summed E-state index contributed by atoms with van der Waals surface area (Å²) in [6.07, 6.45) is -3.16. The Kier molecular flexibility index (Phi) is 5.21. The van der Waals surface area contributed by atoms with Crippen LogP contribution in [0.2, 0.25) is 0 Å². The van der Waals surface area contributed by atoms with Gasteiger partial charge in [-0.25, -0.2) is 0 Å². The van der Waals surface area contributed by atoms with Gasteiger partial charge in [0.05, 0.1) is 19.0 Å². The standard InChI is InChI=1S/C20H20N2O6/c23-10-16-17(24)18(25)19(26)20(28-16)27-13-6-4-11(5-7-13)14-3-1-2-12-8-21-22-9-15(12)14/h1-9,16-20,23-26H,10H2. The predicted molar refractivity (Wildman–Crippen MR) is 99.4 cm³/mol. The molecule has 5 unspecified atom stereocenters. The SMILES string of the molecule is OCC1OC(Oc2ccc(-c3cccc4cnncc34)cc2)C(O)C(O)C1O. The van der Waals surface area contributed by atoms with E-state index in [0.29, 0.717) is 5.75 Å². The highest BCUT2D eigenvalue weighted by atomic mass is 16.7. The Labute approximate surface area is 160 Å². The summed E-state index contributed by atoms with van der Waals surface area (Å²) in [5.74, 6) is 0.410. The maximum atomic E-state index is 10.1. The van der Waals surface area contributed by atoms with Gasteiger partial charge in [0.2, 0.25) is 6.29 Å². The summed E-state index contributed by atoms with van der Waals surface area (Å²) < 4.78 is 11.0. The highest BCUT2D eigenvalue weighted by Crippen LogP contribution is 2.30. The summed E-state index contributed by atoms with van der Waals surface area (Å²) in [6.45, 7) is -0.506. The Morgan fingerprint density at radius 3 is 2.39 bits per heavy atom. The summed E-state index contributed by atoms with van der Waals surface area (Å²) in [4.78, 5) is 0. The lowest BCUT2D eigenvalue weighted by atomic mass is 9.99. The molecule has 0 saturated carbocycles. The van der Waals surface area contributed by atoms with E-state index < -0.39 is 37.3 Å². The van der Waals surface area contributed by atoms with Gasteiger partial charge in [0, 0.05) is 10.8 Å². The van der Waals surface area contributed by atoms with E-state index in [9.17, 15) is 20.4 Å². The van der Waals surface area contributed by atoms with E-state index in [-0.39, 0.29) is 0 Å². The zero-order valence-corrected chi connectivity index (χ0v) is 14.8. The largest absolute Gasteiger partial charge is 0.462 e. The van der Waals surface area contributed by atoms with Crippen LogP contribution in [-0.2, 0) is 4.74 Å². The minimum absolute atomic E-state index is 0.410. The van der Waals surface area contributed by atoms with Crippen molar-refractivity contribution in [2.75, 3.05) is 6.61 Å². The molecule has 28 heavy (non-hydrogen) atoms. The first kappa shape index (κ1) is 18.7. The molecular weight excluding hydrogens is 364 g/mol. The first-order chi connectivity index (χ1) is 13.6. The van der Waals surface area contributed by atoms with Crippen molar-refractivity contribution in [3.8, 4) is 16.9 Å². The maximum absolute atomic E-state index is 10.1. The third kappa shape index (κ3) is 3.44. The number of hydrogen-bond donors (Lipinski definition) is 4. The average molecular weight is 384 g/mol. The Bertz CT molecular complexity index is 944. The second-order valence-corrected chi connectivity index (χ2v) is 6.64. The average Bonchev–Trinajstić information content (AvgIpc) is 2.74. The highest BCUT2D eigenvalue weighted by Gasteiger charge is 2.44. The molecule has 1 aliphatic rings. The van der Waals surface area contributed by atoms with Gasteiger partial charge in [0.15, 0.2) is 0 Å². The van der Waals surface area contributed by atoms with Crippen LogP contribution in [0.1, 0.15) is 0 Å². The van der Waals surface area contributed by atoms with Gasteiger partial charge in [0.1, 0.15) is 30.2 Å². The van der Waals surface area contributed by atoms with Crippen LogP contribution in [0.15, 0.2) is 54.9 Å². The molecule has 8 heteroatoms. The van der Waals surface area contributed by atoms with Gasteiger partial charge >= 0.3 is 0 Å². The molecule has 1 aromatic heterocycles. The number of nitrogens with zero attached hydrogens (tertiary/aromatic N) is 2. The summed E-state index contributed by atoms with van der Waals surface area (Å²) in [5.41, 5.74) is 1.94. The Morgan fingerprint density at radius 1 is 0.893 bits per heavy atom. The van der Waals surface area contributed by atoms with Crippen LogP contribution in [0.3, 0.4) is 0 Å². The smallest absolute Gasteiger partial charge is 0.229 e. The molecule has 0 bridgehead atoms. The van der Waals surface area contributed by atoms with Gasteiger partial charge in [-0.3, -0.25) is 0 Å². The highest BCUT2D eigenvalue weighted by molar-refractivity contribution is 5.95. The first-order valence-corrected chi connectivity index (χ1v) is 8.85. The van der Waals surface area contributed by atoms with E-state index in [1.807, 2.05) is 30.3 Å². The van der Waals surface area contributed by atoms with Crippen molar-refractivity contribution >= 4 is 10.8 Å². The fourth-order valence-corrected chi connectivity index (χ4v) is 3.29. The summed E-state index contributed by atoms with van der Waals surface area (Å²) in [7, 11) is 0. The predicted octanol–water partition coefficient (Wildman–Crippen LogP) is 0.475. The van der Waals surface area contributed by atoms with Crippen LogP contribution in [0, 0.1) is 0 Å². The Balaban J connectivity index is 1.55. The van der Waals surface area contributed by atoms with Gasteiger partial charge in [-0.15, -0.1) is 0 Å². The van der Waals surface area contributed by atoms with Crippen molar-refractivity contribution < 1.29 is 29.9 Å². The van der Waals surface area contributed by atoms with E-state index in [2.05, 4.69) is 10.2 Å². The molecule has 2 aromatic carbocycles. The van der Waals surface area contributed by atoms with E-state index in [0.717, 1.165) is 21.9 Å². The molecule has 8 nitrogen and oxygen atoms in total. The third-order valence-electron chi connectivity index (χ3n) is 4.86. The molecule has 0 amide bonds. The van der Waals surface area contributed by atoms with Gasteiger partial charge in [-0.1, -0.05) is 30.3 Å². The quantitative estimate of drug-likeness (QED) is 0.512. The van der Waals surface area contributed by atoms with Crippen LogP contribution < -0.4 is 4.74 Å². The molecule has 3 aromatic rings. The number of aliphatic hydroxyl groups is 4. The number of fused-ring (bicyclic) bond motifs is 1. The van der Waals surface area contributed by atoms with Crippen molar-refractivity contribution in [1.29, 1.82) is 0 Å². The van der Waals surface area contributed by atoms with Gasteiger partial charge < -0.3 is 29.9 Å². The number of aliphatic hydroxyl groups excluding tert-OH is 4. The lowest BCUT2D eigenvalue weighted by Crippen LogP contribution is -2.60. The van der Waals surface area contributed by atoms with Crippen LogP contribution in [0.5, 0.6) is 5.75 Å². The number of hydrogen-bond acceptors (Lipinski definition) is 8. The molecular formula is C20H20N2O6. The van der Waals surface area contributed by atoms with Crippen LogP contribution in [0.4, 0.5) is 0 Å². The minimum atomic E-state index is -1.48. The third-order valence-corrected chi connectivity index (χ3v) is 4.86. The monoisotopic (exact) mass is 384 g/mol. The number of aromatic nitrogens is 2. The molecule has 0 radical (unpaired) electrons. The van der Waals surface area contributed by atoms with Crippen molar-refractivity contribution in [3.05, 3.63) is 54.9 Å². The summed E-state index contributed by atoms with van der Waals surface area (Å²) in [5, 5.41) is 48.8. The van der Waals surface area contributed by atoms with Crippen LogP contribution in [0.25, 0.3) is 21.9 Å². The fourth-order valence-electron chi connectivity index (χ4n) is 3.29. The number of benzene rings is 2. The lowest BCUT2D eigenvalue weighted by Gasteiger charge is -2.39. The first-order valence-electron chi connectivity index (χ1n) is 8.85. The lowest BCUT2D eigenvalue weighted by molar-refractivity contribution is -0.277. The topological polar surface area (TPSA) is 125 Å². The van der Waals surface area contributed by atoms with Crippen molar-refractivity contribution in [2.45, 2.75) is 30.7 Å². The fraction of sp³-hybridized carbons (Fsp3) is 0.300. The molecule has 1 saturated heterocycles. The molecule has 2 heterocycles. The van der Waals surface area contributed by atoms with E-state index >= 15 is 0 Å². The molecule has 0 spiro atoms. The molecule has 4 N–H and O–H groups in total. The van der Waals surface area contributed by atoms with Crippen LogP contribution in [-0.4, -0.2) is 67.9 Å². The molecule has 1 fully saturated rings. The normalized spacial score (nSPS) is 27.6. The zero-order valence-electron chi connectivity index (χ0n) is 14.8. The number of rotatable bonds is 4.